The molecule has 13 nitrogen and oxygen atoms in total. The predicted molar refractivity (Wildman–Crippen MR) is 207 cm³/mol. The number of piperidine rings is 1. The quantitative estimate of drug-likeness (QED) is 0.239. The van der Waals surface area contributed by atoms with Crippen LogP contribution in [-0.2, 0) is 9.53 Å². The van der Waals surface area contributed by atoms with Crippen LogP contribution in [0, 0.1) is 30.6 Å². The number of allylic oxidation sites excluding steroid dienone is 3. The number of anilines is 1. The number of carbonyl (C=O) groups excluding carboxylic acids is 2. The van der Waals surface area contributed by atoms with Crippen LogP contribution in [0.25, 0.3) is 10.8 Å². The van der Waals surface area contributed by atoms with Gasteiger partial charge in [0.05, 0.1) is 41.2 Å². The summed E-state index contributed by atoms with van der Waals surface area (Å²) in [6.07, 6.45) is 6.91. The smallest absolute Gasteiger partial charge is 0.312 e. The van der Waals surface area contributed by atoms with E-state index < -0.39 is 65.0 Å². The maximum atomic E-state index is 14.4. The van der Waals surface area contributed by atoms with E-state index in [1.807, 2.05) is 0 Å². The SMILES string of the molecule is C/C1=C/C=C/[C@H](C)[C@H](O)[C@@H](C)[C@@H](O)[C@@H](C)[C@H](O)CC/C=C/OC2(C)Oc3c(C)c(O)c4c(O)c(c5c(c4c3C2=O)NC2(CCN(CC(C)C)CC2)N=5)=NC1=O. The summed E-state index contributed by atoms with van der Waals surface area (Å²) in [4.78, 5) is 40.0. The Morgan fingerprint density at radius 3 is 2.35 bits per heavy atom. The number of aromatic hydroxyl groups is 2. The number of Topliss-reactive ketones (excluding diaryl/α,β-unsaturated/α-hetero) is 1. The molecular weight excluding hydrogens is 704 g/mol. The molecule has 1 fully saturated rings. The van der Waals surface area contributed by atoms with Crippen LogP contribution >= 0.6 is 0 Å². The number of rotatable bonds is 2. The highest BCUT2D eigenvalue weighted by Gasteiger charge is 2.50. The molecule has 2 aromatic rings. The molecule has 5 aliphatic rings. The number of carbonyl (C=O) groups is 2. The van der Waals surface area contributed by atoms with Gasteiger partial charge in [-0.2, -0.15) is 0 Å². The van der Waals surface area contributed by atoms with Gasteiger partial charge in [0.25, 0.3) is 11.7 Å². The zero-order chi connectivity index (χ0) is 40.1. The molecule has 0 aliphatic carbocycles. The molecule has 1 unspecified atom stereocenters. The zero-order valence-corrected chi connectivity index (χ0v) is 33.1. The minimum Gasteiger partial charge on any atom is -0.507 e. The van der Waals surface area contributed by atoms with Crippen molar-refractivity contribution in [1.29, 1.82) is 0 Å². The van der Waals surface area contributed by atoms with E-state index in [0.29, 0.717) is 30.9 Å². The van der Waals surface area contributed by atoms with Gasteiger partial charge >= 0.3 is 5.79 Å². The van der Waals surface area contributed by atoms with Crippen molar-refractivity contribution >= 4 is 28.2 Å². The number of ether oxygens (including phenoxy) is 2. The molecule has 5 bridgehead atoms. The predicted octanol–water partition coefficient (Wildman–Crippen LogP) is 4.31. The van der Waals surface area contributed by atoms with Gasteiger partial charge in [0.1, 0.15) is 27.9 Å². The van der Waals surface area contributed by atoms with E-state index in [0.717, 1.165) is 19.6 Å². The van der Waals surface area contributed by atoms with Gasteiger partial charge in [0.15, 0.2) is 5.75 Å². The molecule has 7 atom stereocenters. The molecule has 0 radical (unpaired) electrons. The highest BCUT2D eigenvalue weighted by Crippen LogP contribution is 2.51. The van der Waals surface area contributed by atoms with Gasteiger partial charge in [0, 0.05) is 73.7 Å². The molecule has 1 amide bonds. The number of hydrogen-bond acceptors (Lipinski definition) is 12. The number of aliphatic hydroxyl groups is 3. The van der Waals surface area contributed by atoms with Gasteiger partial charge in [-0.1, -0.05) is 52.8 Å². The van der Waals surface area contributed by atoms with Crippen LogP contribution in [0.15, 0.2) is 46.1 Å². The lowest BCUT2D eigenvalue weighted by Crippen LogP contribution is -2.47. The van der Waals surface area contributed by atoms with Gasteiger partial charge in [-0.3, -0.25) is 14.6 Å². The molecule has 55 heavy (non-hydrogen) atoms. The number of fused-ring (bicyclic) bond motifs is 13. The summed E-state index contributed by atoms with van der Waals surface area (Å²) in [5.74, 6) is -4.84. The van der Waals surface area contributed by atoms with Crippen LogP contribution in [0.3, 0.4) is 0 Å². The Bertz CT molecular complexity index is 2080. The van der Waals surface area contributed by atoms with Crippen molar-refractivity contribution in [3.8, 4) is 17.2 Å². The topological polar surface area (TPSA) is 194 Å². The Balaban J connectivity index is 1.53. The number of nitrogens with one attached hydrogen (secondary N) is 1. The number of likely N-dealkylation sites (tertiary alicyclic amines) is 1. The van der Waals surface area contributed by atoms with Crippen molar-refractivity contribution in [2.45, 2.75) is 111 Å². The third-order valence-electron chi connectivity index (χ3n) is 11.8. The molecule has 7 rings (SSSR count). The molecule has 5 heterocycles. The Kier molecular flexibility index (Phi) is 11.2. The average molecular weight is 761 g/mol. The van der Waals surface area contributed by atoms with E-state index in [2.05, 4.69) is 29.1 Å². The summed E-state index contributed by atoms with van der Waals surface area (Å²) >= 11 is 0. The molecule has 5 aliphatic heterocycles. The third-order valence-corrected chi connectivity index (χ3v) is 11.8. The van der Waals surface area contributed by atoms with Gasteiger partial charge in [-0.25, -0.2) is 4.99 Å². The van der Waals surface area contributed by atoms with Crippen molar-refractivity contribution in [1.82, 2.24) is 4.90 Å². The largest absolute Gasteiger partial charge is 0.507 e. The van der Waals surface area contributed by atoms with E-state index in [4.69, 9.17) is 14.5 Å². The number of nitrogens with zero attached hydrogens (tertiary/aromatic N) is 3. The maximum Gasteiger partial charge on any atom is 0.312 e. The lowest BCUT2D eigenvalue weighted by atomic mass is 9.81. The second kappa shape index (κ2) is 15.3. The first-order chi connectivity index (χ1) is 25.9. The fourth-order valence-corrected chi connectivity index (χ4v) is 8.26. The number of aliphatic hydroxyl groups excluding tert-OH is 3. The Morgan fingerprint density at radius 2 is 1.67 bits per heavy atom. The second-order valence-electron chi connectivity index (χ2n) is 16.5. The second-order valence-corrected chi connectivity index (χ2v) is 16.5. The fraction of sp³-hybridized carbons (Fsp3) is 0.571. The van der Waals surface area contributed by atoms with Crippen LogP contribution < -0.4 is 20.8 Å². The number of phenols is 2. The van der Waals surface area contributed by atoms with E-state index in [1.54, 1.807) is 58.9 Å². The van der Waals surface area contributed by atoms with Gasteiger partial charge < -0.3 is 45.2 Å². The van der Waals surface area contributed by atoms with Crippen molar-refractivity contribution < 1.29 is 44.6 Å². The lowest BCUT2D eigenvalue weighted by Gasteiger charge is -2.38. The molecule has 0 aromatic heterocycles. The first kappa shape index (κ1) is 40.4. The Morgan fingerprint density at radius 1 is 0.982 bits per heavy atom. The van der Waals surface area contributed by atoms with Gasteiger partial charge in [-0.15, -0.1) is 0 Å². The molecular formula is C42H56N4O9. The standard InChI is InChI=1S/C42H56N4O9/c1-21(2)20-46-17-15-42(16-18-46)44-31-28-29-36(50)26(7)38-30(28)39(52)41(8,55-38)54-19-10-9-14-27(47)24(5)35(49)25(6)34(48)22(3)12-11-13-23(4)40(53)43-33(37(29)51)32(31)45-42/h10-13,19,21-22,24-25,27,34-35,44,47-51H,9,14-18,20H2,1-8H3/b12-11+,19-10+,23-13-,43-33?/t22-,24-,25+,27+,34-,35-,41?/m0/s1. The van der Waals surface area contributed by atoms with Crippen LogP contribution in [0.4, 0.5) is 5.69 Å². The normalized spacial score (nSPS) is 32.3. The number of phenolic OH excluding ortho intramolecular Hbond substituents is 2. The van der Waals surface area contributed by atoms with Crippen molar-refractivity contribution in [2.24, 2.45) is 33.7 Å². The number of benzene rings is 2. The molecule has 1 spiro atoms. The van der Waals surface area contributed by atoms with Gasteiger partial charge in [0.2, 0.25) is 0 Å². The van der Waals surface area contributed by atoms with E-state index in [1.165, 1.54) is 13.2 Å². The van der Waals surface area contributed by atoms with Crippen molar-refractivity contribution in [3.05, 3.63) is 58.0 Å². The van der Waals surface area contributed by atoms with Crippen LogP contribution in [0.5, 0.6) is 17.2 Å². The van der Waals surface area contributed by atoms with E-state index in [-0.39, 0.29) is 56.1 Å². The summed E-state index contributed by atoms with van der Waals surface area (Å²) in [7, 11) is 0. The van der Waals surface area contributed by atoms with Crippen molar-refractivity contribution in [2.75, 3.05) is 25.0 Å². The summed E-state index contributed by atoms with van der Waals surface area (Å²) in [5, 5.41) is 60.5. The van der Waals surface area contributed by atoms with Crippen LogP contribution in [-0.4, -0.2) is 91.5 Å². The molecule has 1 saturated heterocycles. The Hall–Kier alpha value is -4.30. The maximum absolute atomic E-state index is 14.4. The third kappa shape index (κ3) is 7.39. The molecule has 0 saturated carbocycles. The molecule has 298 valence electrons. The van der Waals surface area contributed by atoms with E-state index in [9.17, 15) is 35.1 Å². The highest BCUT2D eigenvalue weighted by atomic mass is 16.7. The zero-order valence-electron chi connectivity index (χ0n) is 33.1. The molecule has 13 heteroatoms. The number of ketones is 1. The highest BCUT2D eigenvalue weighted by molar-refractivity contribution is 6.21. The van der Waals surface area contributed by atoms with Crippen LogP contribution in [0.2, 0.25) is 0 Å². The number of amides is 1. The van der Waals surface area contributed by atoms with E-state index >= 15 is 0 Å². The molecule has 2 aromatic carbocycles. The van der Waals surface area contributed by atoms with Crippen molar-refractivity contribution in [3.63, 3.8) is 0 Å². The van der Waals surface area contributed by atoms with Gasteiger partial charge in [-0.05, 0) is 38.7 Å². The minimum atomic E-state index is -1.84. The summed E-state index contributed by atoms with van der Waals surface area (Å²) in [6.45, 7) is 16.6. The summed E-state index contributed by atoms with van der Waals surface area (Å²) in [5.41, 5.74) is 0.0648. The summed E-state index contributed by atoms with van der Waals surface area (Å²) in [6, 6.07) is 0. The first-order valence-electron chi connectivity index (χ1n) is 19.4. The minimum absolute atomic E-state index is 0.0616. The first-order valence-corrected chi connectivity index (χ1v) is 19.4. The molecule has 6 N–H and O–H groups in total. The lowest BCUT2D eigenvalue weighted by molar-refractivity contribution is -0.114. The Labute approximate surface area is 321 Å². The fourth-order valence-electron chi connectivity index (χ4n) is 8.26. The van der Waals surface area contributed by atoms with Crippen LogP contribution in [0.1, 0.15) is 90.1 Å². The average Bonchev–Trinajstić information content (AvgIpc) is 3.64. The summed E-state index contributed by atoms with van der Waals surface area (Å²) < 4.78 is 12.2. The monoisotopic (exact) mass is 760 g/mol. The number of hydrogen-bond donors (Lipinski definition) is 6.